The highest BCUT2D eigenvalue weighted by Crippen LogP contribution is 2.42. The molecule has 1 nitrogen and oxygen atoms in total. The van der Waals surface area contributed by atoms with Crippen LogP contribution in [0, 0.1) is 0 Å². The minimum Gasteiger partial charge on any atom is -0.311 e. The van der Waals surface area contributed by atoms with Gasteiger partial charge in [-0.25, -0.2) is 0 Å². The summed E-state index contributed by atoms with van der Waals surface area (Å²) in [7, 11) is 0. The molecule has 1 heteroatoms. The molecule has 0 aliphatic rings. The van der Waals surface area contributed by atoms with Crippen molar-refractivity contribution >= 4 is 38.6 Å². The van der Waals surface area contributed by atoms with Crippen molar-refractivity contribution in [2.45, 2.75) is 0 Å². The smallest absolute Gasteiger partial charge is 0.0645 e. The summed E-state index contributed by atoms with van der Waals surface area (Å²) in [5.41, 5.74) is 8.22. The number of anilines is 3. The molecular weight excluding hydrogens is 759 g/mol. The maximum atomic E-state index is 9.86. The topological polar surface area (TPSA) is 3.24 Å². The first-order valence-electron chi connectivity index (χ1n) is 25.0. The Morgan fingerprint density at radius 3 is 1.37 bits per heavy atom. The zero-order chi connectivity index (χ0) is 48.9. The highest BCUT2D eigenvalue weighted by molar-refractivity contribution is 6.04. The van der Waals surface area contributed by atoms with Crippen molar-refractivity contribution in [1.29, 1.82) is 0 Å². The molecule has 0 N–H and O–H groups in total. The summed E-state index contributed by atoms with van der Waals surface area (Å²) in [6, 6.07) is 65.4. The number of fused-ring (bicyclic) bond motifs is 2. The molecule has 0 spiro atoms. The Morgan fingerprint density at radius 1 is 0.254 bits per heavy atom. The molecule has 0 atom stereocenters. The van der Waals surface area contributed by atoms with E-state index in [0.717, 1.165) is 66.1 Å². The van der Waals surface area contributed by atoms with E-state index in [4.69, 9.17) is 0 Å². The molecule has 0 heterocycles. The van der Waals surface area contributed by atoms with Gasteiger partial charge in [0.1, 0.15) is 0 Å². The summed E-state index contributed by atoms with van der Waals surface area (Å²) >= 11 is 0. The average Bonchev–Trinajstić information content (AvgIpc) is 3.42. The van der Waals surface area contributed by atoms with Crippen molar-refractivity contribution in [3.63, 3.8) is 0 Å². The van der Waals surface area contributed by atoms with E-state index in [1.165, 1.54) is 4.90 Å². The van der Waals surface area contributed by atoms with Gasteiger partial charge in [-0.05, 0) is 137 Å². The van der Waals surface area contributed by atoms with Crippen LogP contribution < -0.4 is 4.90 Å². The molecule has 0 amide bonds. The third kappa shape index (κ3) is 7.47. The van der Waals surface area contributed by atoms with E-state index in [-0.39, 0.29) is 46.7 Å². The molecule has 0 aliphatic heterocycles. The maximum Gasteiger partial charge on any atom is 0.0645 e. The van der Waals surface area contributed by atoms with Crippen molar-refractivity contribution in [2.75, 3.05) is 4.90 Å². The largest absolute Gasteiger partial charge is 0.311 e. The van der Waals surface area contributed by atoms with Crippen molar-refractivity contribution in [2.24, 2.45) is 0 Å². The number of hydrogen-bond acceptors (Lipinski definition) is 1. The van der Waals surface area contributed by atoms with Gasteiger partial charge in [-0.3, -0.25) is 0 Å². The van der Waals surface area contributed by atoms with Gasteiger partial charge >= 0.3 is 0 Å². The van der Waals surface area contributed by atoms with Crippen molar-refractivity contribution in [3.05, 3.63) is 261 Å². The normalized spacial score (nSPS) is 13.0. The molecule has 0 bridgehead atoms. The van der Waals surface area contributed by atoms with Crippen LogP contribution in [-0.4, -0.2) is 0 Å². The maximum absolute atomic E-state index is 9.86. The van der Waals surface area contributed by atoms with Crippen LogP contribution in [0.4, 0.5) is 17.1 Å². The van der Waals surface area contributed by atoms with Crippen LogP contribution in [0.25, 0.3) is 88.3 Å². The monoisotopic (exact) mass is 809 g/mol. The fourth-order valence-electron chi connectivity index (χ4n) is 8.47. The summed E-state index contributed by atoms with van der Waals surface area (Å²) in [6.07, 6.45) is 0. The van der Waals surface area contributed by atoms with Crippen LogP contribution in [-0.2, 0) is 0 Å². The van der Waals surface area contributed by atoms with Crippen LogP contribution in [0.5, 0.6) is 0 Å². The zero-order valence-electron chi connectivity index (χ0n) is 42.2. The minimum atomic E-state index is -0.408. The van der Waals surface area contributed by atoms with E-state index >= 15 is 0 Å². The van der Waals surface area contributed by atoms with Gasteiger partial charge in [-0.15, -0.1) is 0 Å². The molecule has 0 radical (unpaired) electrons. The van der Waals surface area contributed by atoms with Gasteiger partial charge in [0.25, 0.3) is 0 Å². The Kier molecular flexibility index (Phi) is 7.90. The molecule has 0 unspecified atom stereocenters. The lowest BCUT2D eigenvalue weighted by Gasteiger charge is -2.26. The second-order valence-corrected chi connectivity index (χ2v) is 15.5. The van der Waals surface area contributed by atoms with Crippen LogP contribution in [0.15, 0.2) is 261 Å². The molecule has 63 heavy (non-hydrogen) atoms. The summed E-state index contributed by atoms with van der Waals surface area (Å²) < 4.78 is 78.2. The minimum absolute atomic E-state index is 0.0893. The molecular formula is C62H43N. The quantitative estimate of drug-likeness (QED) is 0.140. The standard InChI is InChI=1S/C62H43N/c1-4-15-47(16-5-1)58-40-33-54(43-61(58)49-19-8-3-9-20-49)46-28-36-56(37-29-46)63(55-34-26-45(27-35-55)53-25-24-44-14-10-11-22-52(44)42-53)57-38-30-51(31-39-57)62-59-23-13-12-21-50(59)32-41-60(62)48-17-6-2-7-18-48/h1-43H/i28D,29D,30D,31D,36D,37D,38D,39D. The van der Waals surface area contributed by atoms with E-state index in [1.807, 2.05) is 182 Å². The Bertz CT molecular complexity index is 3780. The molecule has 0 saturated heterocycles. The number of hydrogen-bond donors (Lipinski definition) is 0. The van der Waals surface area contributed by atoms with E-state index in [1.54, 1.807) is 12.1 Å². The van der Waals surface area contributed by atoms with Crippen molar-refractivity contribution < 1.29 is 11.0 Å². The summed E-state index contributed by atoms with van der Waals surface area (Å²) in [5, 5.41) is 3.78. The summed E-state index contributed by atoms with van der Waals surface area (Å²) in [6.45, 7) is 0. The number of nitrogens with zero attached hydrogens (tertiary/aromatic N) is 1. The van der Waals surface area contributed by atoms with E-state index in [9.17, 15) is 11.0 Å². The molecule has 0 aromatic heterocycles. The Balaban J connectivity index is 1.13. The average molecular weight is 810 g/mol. The number of benzene rings is 11. The number of rotatable bonds is 9. The van der Waals surface area contributed by atoms with Crippen LogP contribution in [0.2, 0.25) is 0 Å². The second-order valence-electron chi connectivity index (χ2n) is 15.5. The van der Waals surface area contributed by atoms with Gasteiger partial charge in [-0.1, -0.05) is 212 Å². The van der Waals surface area contributed by atoms with Gasteiger partial charge in [0, 0.05) is 17.1 Å². The lowest BCUT2D eigenvalue weighted by molar-refractivity contribution is 1.28. The Labute approximate surface area is 380 Å². The zero-order valence-corrected chi connectivity index (χ0v) is 34.2. The molecule has 11 aromatic rings. The predicted octanol–water partition coefficient (Wildman–Crippen LogP) is 17.5. The Morgan fingerprint density at radius 2 is 0.714 bits per heavy atom. The van der Waals surface area contributed by atoms with Gasteiger partial charge in [-0.2, -0.15) is 0 Å². The van der Waals surface area contributed by atoms with Crippen LogP contribution >= 0.6 is 0 Å². The molecule has 0 saturated carbocycles. The van der Waals surface area contributed by atoms with E-state index in [2.05, 4.69) is 18.2 Å². The highest BCUT2D eigenvalue weighted by atomic mass is 15.1. The first-order chi connectivity index (χ1) is 34.6. The van der Waals surface area contributed by atoms with Crippen LogP contribution in [0.1, 0.15) is 11.0 Å². The first kappa shape index (κ1) is 29.9. The third-order valence-electron chi connectivity index (χ3n) is 11.6. The van der Waals surface area contributed by atoms with Gasteiger partial charge in [0.2, 0.25) is 0 Å². The fourth-order valence-corrected chi connectivity index (χ4v) is 8.47. The third-order valence-corrected chi connectivity index (χ3v) is 11.6. The van der Waals surface area contributed by atoms with Gasteiger partial charge in [0.15, 0.2) is 0 Å². The molecule has 11 aromatic carbocycles. The Hall–Kier alpha value is -8.26. The first-order valence-corrected chi connectivity index (χ1v) is 21.0. The van der Waals surface area contributed by atoms with Gasteiger partial charge < -0.3 is 4.90 Å². The highest BCUT2D eigenvalue weighted by Gasteiger charge is 2.17. The summed E-state index contributed by atoms with van der Waals surface area (Å²) in [4.78, 5) is 1.37. The second kappa shape index (κ2) is 16.7. The van der Waals surface area contributed by atoms with E-state index < -0.39 is 24.2 Å². The lowest BCUT2D eigenvalue weighted by atomic mass is 9.89. The molecule has 0 fully saturated rings. The van der Waals surface area contributed by atoms with Crippen molar-refractivity contribution in [3.8, 4) is 66.8 Å². The SMILES string of the molecule is [2H]c1c([2H])c(N(c2ccc(-c3ccc4ccccc4c3)cc2)c2c([2H])c([2H])c(-c3c(-c4ccccc4)ccc4ccccc34)c([2H])c2[2H])c([2H])c([2H])c1-c1ccc(-c2ccccc2)c(-c2ccccc2)c1. The fraction of sp³-hybridized carbons (Fsp3) is 0. The molecule has 296 valence electrons. The lowest BCUT2D eigenvalue weighted by Crippen LogP contribution is -2.09. The van der Waals surface area contributed by atoms with Crippen LogP contribution in [0.3, 0.4) is 0 Å². The van der Waals surface area contributed by atoms with E-state index in [0.29, 0.717) is 16.8 Å². The molecule has 11 rings (SSSR count). The molecule has 0 aliphatic carbocycles. The summed E-state index contributed by atoms with van der Waals surface area (Å²) in [5.74, 6) is 0. The predicted molar refractivity (Wildman–Crippen MR) is 269 cm³/mol. The van der Waals surface area contributed by atoms with Crippen molar-refractivity contribution in [1.82, 2.24) is 0 Å². The van der Waals surface area contributed by atoms with Gasteiger partial charge in [0.05, 0.1) is 11.0 Å².